The molecule has 0 saturated carbocycles. The van der Waals surface area contributed by atoms with Crippen molar-refractivity contribution in [2.45, 2.75) is 8.97 Å². The molecule has 0 rings (SSSR count). The zero-order valence-electron chi connectivity index (χ0n) is 7.04. The molecule has 0 aromatic carbocycles. The Morgan fingerprint density at radius 1 is 1.00 bits per heavy atom. The summed E-state index contributed by atoms with van der Waals surface area (Å²) >= 11 is 0.972. The monoisotopic (exact) mass is 618 g/mol. The molecule has 0 bridgehead atoms. The first-order valence-electron chi connectivity index (χ1n) is 2.02. The molecule has 5 nitrogen and oxygen atoms in total. The van der Waals surface area contributed by atoms with E-state index < -0.39 is 0 Å². The normalized spacial score (nSPS) is 2.92. The molecule has 0 aliphatic carbocycles. The van der Waals surface area contributed by atoms with Gasteiger partial charge in [-0.25, -0.2) is 0 Å². The van der Waals surface area contributed by atoms with Crippen LogP contribution >= 0.6 is 22.1 Å². The van der Waals surface area contributed by atoms with Crippen LogP contribution in [0.1, 0.15) is 0 Å². The summed E-state index contributed by atoms with van der Waals surface area (Å²) in [6, 6.07) is 0. The van der Waals surface area contributed by atoms with Gasteiger partial charge in [-0.1, -0.05) is 0 Å². The number of hydrogen-bond acceptors (Lipinski definition) is 5. The van der Waals surface area contributed by atoms with Gasteiger partial charge in [0.05, 0.1) is 0 Å². The van der Waals surface area contributed by atoms with Crippen molar-refractivity contribution in [2.75, 3.05) is 0 Å². The van der Waals surface area contributed by atoms with Crippen LogP contribution in [-0.4, -0.2) is 65.7 Å². The van der Waals surface area contributed by atoms with Crippen LogP contribution in [0, 0.1) is 0 Å². The van der Waals surface area contributed by atoms with Crippen LogP contribution < -0.4 is 0 Å². The number of rotatable bonds is 0. The Labute approximate surface area is 115 Å². The third-order valence-corrected chi connectivity index (χ3v) is 0. The van der Waals surface area contributed by atoms with Crippen LogP contribution in [0.5, 0.6) is 0 Å². The predicted molar refractivity (Wildman–Crippen MR) is 54.8 cm³/mol. The Balaban J connectivity index is -0.0000000121. The van der Waals surface area contributed by atoms with Gasteiger partial charge in [-0.15, -0.1) is 0 Å². The molecule has 9 heteroatoms. The zero-order chi connectivity index (χ0) is 10.1. The van der Waals surface area contributed by atoms with Crippen molar-refractivity contribution in [1.82, 2.24) is 0 Å². The quantitative estimate of drug-likeness (QED) is 0.331. The van der Waals surface area contributed by atoms with Gasteiger partial charge < -0.3 is 5.48 Å². The van der Waals surface area contributed by atoms with Crippen molar-refractivity contribution in [1.29, 1.82) is 0 Å². The summed E-state index contributed by atoms with van der Waals surface area (Å²) in [5, 5.41) is 0. The summed E-state index contributed by atoms with van der Waals surface area (Å²) in [7, 11) is 4.22. The Hall–Kier alpha value is 1.13. The molecule has 0 spiro atoms. The van der Waals surface area contributed by atoms with Gasteiger partial charge in [0, 0.05) is 0 Å². The van der Waals surface area contributed by atoms with Crippen molar-refractivity contribution < 1.29 is 24.7 Å². The minimum atomic E-state index is 0. The molecule has 0 saturated heterocycles. The maximum absolute atomic E-state index is 8.12. The van der Waals surface area contributed by atoms with Gasteiger partial charge in [0.25, 0.3) is 0 Å². The molecule has 0 atom stereocenters. The molecule has 0 aromatic rings. The molecule has 0 unspecified atom stereocenters. The second kappa shape index (κ2) is 113. The van der Waals surface area contributed by atoms with Crippen LogP contribution in [0.25, 0.3) is 0 Å². The maximum atomic E-state index is 8.12. The van der Waals surface area contributed by atoms with E-state index in [0.29, 0.717) is 0 Å². The van der Waals surface area contributed by atoms with Crippen LogP contribution in [0.2, 0.25) is 8.97 Å². The molecule has 0 fully saturated rings. The Morgan fingerprint density at radius 3 is 1.00 bits per heavy atom. The summed E-state index contributed by atoms with van der Waals surface area (Å²) in [4.78, 5) is 32.5. The second-order valence-corrected chi connectivity index (χ2v) is 4.55. The molecular weight excluding hydrogens is 607 g/mol. The van der Waals surface area contributed by atoms with E-state index in [0.717, 1.165) is 23.7 Å². The molecule has 0 aliphatic heterocycles. The van der Waals surface area contributed by atoms with Crippen LogP contribution in [-0.2, 0) is 19.2 Å². The molecular formula is C4H10O5Pb2S2. The predicted octanol–water partition coefficient (Wildman–Crippen LogP) is -0.825. The average molecular weight is 617 g/mol. The van der Waals surface area contributed by atoms with Crippen LogP contribution in [0.3, 0.4) is 0 Å². The topological polar surface area (TPSA) is 99.8 Å². The molecule has 0 heterocycles. The van der Waals surface area contributed by atoms with Crippen LogP contribution in [0.4, 0.5) is 0 Å². The van der Waals surface area contributed by atoms with Gasteiger partial charge in [-0.05, 0) is 0 Å². The van der Waals surface area contributed by atoms with Gasteiger partial charge in [0.2, 0.25) is 0 Å². The van der Waals surface area contributed by atoms with E-state index in [1.54, 1.807) is 0 Å². The van der Waals surface area contributed by atoms with Gasteiger partial charge in [-0.2, -0.15) is 32.7 Å². The van der Waals surface area contributed by atoms with Crippen LogP contribution in [0.15, 0.2) is 0 Å². The summed E-state index contributed by atoms with van der Waals surface area (Å²) in [5.74, 6) is 0. The zero-order valence-corrected chi connectivity index (χ0v) is 16.6. The van der Waals surface area contributed by atoms with E-state index in [1.807, 2.05) is 0 Å². The Kier molecular flexibility index (Phi) is 321. The fourth-order valence-electron chi connectivity index (χ4n) is 0. The van der Waals surface area contributed by atoms with E-state index in [2.05, 4.69) is 17.6 Å². The second-order valence-electron chi connectivity index (χ2n) is 0.667. The first kappa shape index (κ1) is 36.9. The molecule has 0 aromatic heterocycles. The van der Waals surface area contributed by atoms with E-state index in [1.165, 1.54) is 0 Å². The molecule has 2 N–H and O–H groups in total. The molecule has 76 valence electrons. The summed E-state index contributed by atoms with van der Waals surface area (Å²) in [6.45, 7) is 0. The first-order chi connectivity index (χ1) is 5.24. The Morgan fingerprint density at radius 2 is 1.00 bits per heavy atom. The SMILES string of the molecule is O.O=C=O.O=C=O.S.[CH3][Pb][CH3].[S]=[Pb]. The summed E-state index contributed by atoms with van der Waals surface area (Å²) in [5.41, 5.74) is 0. The van der Waals surface area contributed by atoms with Crippen molar-refractivity contribution in [2.24, 2.45) is 0 Å². The Bertz CT molecular complexity index is 99.1. The van der Waals surface area contributed by atoms with Gasteiger partial charge >= 0.3 is 77.8 Å². The third-order valence-electron chi connectivity index (χ3n) is 0. The first-order valence-corrected chi connectivity index (χ1v) is 15.0. The van der Waals surface area contributed by atoms with Crippen molar-refractivity contribution in [3.8, 4) is 0 Å². The van der Waals surface area contributed by atoms with E-state index >= 15 is 0 Å². The molecule has 0 amide bonds. The van der Waals surface area contributed by atoms with Crippen molar-refractivity contribution in [3.63, 3.8) is 0 Å². The van der Waals surface area contributed by atoms with Gasteiger partial charge in [-0.3, -0.25) is 0 Å². The molecule has 0 aliphatic rings. The summed E-state index contributed by atoms with van der Waals surface area (Å²) in [6.07, 6.45) is 0.500. The fourth-order valence-corrected chi connectivity index (χ4v) is 0. The minimum absolute atomic E-state index is 0. The molecule has 4 radical (unpaired) electrons. The molecule has 13 heavy (non-hydrogen) atoms. The number of carbonyl (C=O) groups excluding carboxylic acids is 4. The fraction of sp³-hybridized carbons (Fsp3) is 0.500. The van der Waals surface area contributed by atoms with Gasteiger partial charge in [0.1, 0.15) is 0 Å². The standard InChI is InChI=1S/2CO2.2CH3.H2O.2Pb.H2S.S/c2*2-1-3;;;;;;;/h;;2*1H3;1H2;;;1H2;. The van der Waals surface area contributed by atoms with Crippen molar-refractivity contribution >= 4 is 82.4 Å². The van der Waals surface area contributed by atoms with Crippen molar-refractivity contribution in [3.05, 3.63) is 0 Å². The number of hydrogen-bond donors (Lipinski definition) is 0. The third kappa shape index (κ3) is 1270. The van der Waals surface area contributed by atoms with E-state index in [4.69, 9.17) is 19.2 Å². The van der Waals surface area contributed by atoms with E-state index in [-0.39, 0.29) is 55.5 Å². The average Bonchev–Trinajstić information content (AvgIpc) is 1.96. The van der Waals surface area contributed by atoms with E-state index in [9.17, 15) is 0 Å². The van der Waals surface area contributed by atoms with Gasteiger partial charge in [0.15, 0.2) is 0 Å². The summed E-state index contributed by atoms with van der Waals surface area (Å²) < 4.78 is 4.64.